The van der Waals surface area contributed by atoms with Gasteiger partial charge in [-0.2, -0.15) is 17.5 Å². The Labute approximate surface area is 271 Å². The standard InChI is InChI=1S/C30H36F3N5O7S2/c1-21-20-34-15-13-26(21)25-10-8-9-24(19-25)22(2)38(47(43,44)28-12-5-4-11-27(28)30(31,32)33)17-7-6-14-35-29(40)36-16-18-46(41,42)37-45-23(3)39/h4-5,8-13,15,19-20,22,37H,6-7,14,16-18H2,1-3H3,(H2,35,36,40)/t22-/m0/s1. The number of urea groups is 1. The van der Waals surface area contributed by atoms with Gasteiger partial charge in [0.1, 0.15) is 0 Å². The number of unbranched alkanes of at least 4 members (excludes halogenated alkanes) is 1. The van der Waals surface area contributed by atoms with E-state index in [4.69, 9.17) is 0 Å². The molecule has 3 aromatic rings. The summed E-state index contributed by atoms with van der Waals surface area (Å²) in [6.07, 6.45) is -1.18. The highest BCUT2D eigenvalue weighted by Crippen LogP contribution is 2.38. The SMILES string of the molecule is CC(=O)ONS(=O)(=O)CCNC(=O)NCCCCN([C@@H](C)c1cccc(-c2ccncc2C)c1)S(=O)(=O)c1ccccc1C(F)(F)F. The number of aryl methyl sites for hydroxylation is 1. The number of nitrogens with one attached hydrogen (secondary N) is 3. The Bertz CT molecular complexity index is 1770. The van der Waals surface area contributed by atoms with Gasteiger partial charge in [-0.25, -0.2) is 21.6 Å². The van der Waals surface area contributed by atoms with Crippen LogP contribution in [0.3, 0.4) is 0 Å². The maximum atomic E-state index is 13.9. The molecule has 1 aromatic heterocycles. The normalized spacial score (nSPS) is 12.8. The molecule has 12 nitrogen and oxygen atoms in total. The summed E-state index contributed by atoms with van der Waals surface area (Å²) in [5.41, 5.74) is 1.82. The van der Waals surface area contributed by atoms with Gasteiger partial charge in [0.15, 0.2) is 0 Å². The highest BCUT2D eigenvalue weighted by molar-refractivity contribution is 7.89. The third kappa shape index (κ3) is 10.7. The third-order valence-electron chi connectivity index (χ3n) is 6.97. The van der Waals surface area contributed by atoms with Crippen molar-refractivity contribution < 1.29 is 44.4 Å². The van der Waals surface area contributed by atoms with E-state index in [2.05, 4.69) is 20.5 Å². The minimum absolute atomic E-state index is 0.0580. The van der Waals surface area contributed by atoms with Crippen molar-refractivity contribution in [3.8, 4) is 11.1 Å². The number of benzene rings is 2. The van der Waals surface area contributed by atoms with E-state index in [-0.39, 0.29) is 32.5 Å². The van der Waals surface area contributed by atoms with Crippen LogP contribution in [0.2, 0.25) is 0 Å². The van der Waals surface area contributed by atoms with Gasteiger partial charge in [0.25, 0.3) is 0 Å². The first-order chi connectivity index (χ1) is 22.0. The van der Waals surface area contributed by atoms with Gasteiger partial charge < -0.3 is 15.5 Å². The molecule has 0 fully saturated rings. The average Bonchev–Trinajstić information content (AvgIpc) is 3.01. The van der Waals surface area contributed by atoms with Crippen LogP contribution in [0, 0.1) is 6.92 Å². The summed E-state index contributed by atoms with van der Waals surface area (Å²) >= 11 is 0. The number of nitrogens with zero attached hydrogens (tertiary/aromatic N) is 2. The molecule has 3 rings (SSSR count). The maximum Gasteiger partial charge on any atom is 0.417 e. The van der Waals surface area contributed by atoms with Crippen LogP contribution < -0.4 is 15.5 Å². The number of carbonyl (C=O) groups is 2. The lowest BCUT2D eigenvalue weighted by molar-refractivity contribution is -0.144. The molecule has 0 spiro atoms. The smallest absolute Gasteiger partial charge is 0.356 e. The number of aromatic nitrogens is 1. The number of hydrogen-bond donors (Lipinski definition) is 3. The zero-order valence-corrected chi connectivity index (χ0v) is 27.5. The summed E-state index contributed by atoms with van der Waals surface area (Å²) in [4.78, 5) is 31.9. The lowest BCUT2D eigenvalue weighted by Crippen LogP contribution is -2.40. The molecule has 47 heavy (non-hydrogen) atoms. The van der Waals surface area contributed by atoms with Crippen molar-refractivity contribution in [1.82, 2.24) is 24.8 Å². The number of sulfonamides is 2. The van der Waals surface area contributed by atoms with E-state index in [1.165, 1.54) is 6.07 Å². The van der Waals surface area contributed by atoms with Crippen LogP contribution in [0.5, 0.6) is 0 Å². The quantitative estimate of drug-likeness (QED) is 0.156. The van der Waals surface area contributed by atoms with Crippen LogP contribution in [0.4, 0.5) is 18.0 Å². The van der Waals surface area contributed by atoms with Crippen molar-refractivity contribution in [2.24, 2.45) is 0 Å². The molecule has 0 saturated heterocycles. The number of amides is 2. The fourth-order valence-corrected chi connectivity index (χ4v) is 7.19. The third-order valence-corrected chi connectivity index (χ3v) is 10.1. The van der Waals surface area contributed by atoms with Crippen LogP contribution in [-0.2, 0) is 35.9 Å². The van der Waals surface area contributed by atoms with Crippen molar-refractivity contribution in [3.05, 3.63) is 83.7 Å². The molecule has 2 amide bonds. The van der Waals surface area contributed by atoms with Crippen molar-refractivity contribution in [1.29, 1.82) is 0 Å². The molecule has 0 aliphatic carbocycles. The summed E-state index contributed by atoms with van der Waals surface area (Å²) in [6.45, 7) is 4.07. The Morgan fingerprint density at radius 1 is 0.979 bits per heavy atom. The summed E-state index contributed by atoms with van der Waals surface area (Å²) in [5.74, 6) is -1.43. The van der Waals surface area contributed by atoms with Gasteiger partial charge in [-0.05, 0) is 78.1 Å². The number of pyridine rings is 1. The first kappa shape index (κ1) is 37.4. The van der Waals surface area contributed by atoms with E-state index in [9.17, 15) is 39.6 Å². The molecule has 3 N–H and O–H groups in total. The Morgan fingerprint density at radius 3 is 2.36 bits per heavy atom. The van der Waals surface area contributed by atoms with E-state index in [0.717, 1.165) is 46.1 Å². The highest BCUT2D eigenvalue weighted by atomic mass is 32.2. The molecule has 2 aromatic carbocycles. The summed E-state index contributed by atoms with van der Waals surface area (Å²) in [6, 6.07) is 11.3. The average molecular weight is 700 g/mol. The monoisotopic (exact) mass is 699 g/mol. The first-order valence-electron chi connectivity index (χ1n) is 14.4. The Morgan fingerprint density at radius 2 is 1.68 bits per heavy atom. The van der Waals surface area contributed by atoms with Gasteiger partial charge in [-0.1, -0.05) is 30.3 Å². The van der Waals surface area contributed by atoms with Crippen LogP contribution in [0.15, 0.2) is 71.9 Å². The molecule has 0 aliphatic rings. The maximum absolute atomic E-state index is 13.9. The summed E-state index contributed by atoms with van der Waals surface area (Å²) in [7, 11) is -8.66. The lowest BCUT2D eigenvalue weighted by atomic mass is 9.98. The molecule has 1 heterocycles. The number of halogens is 3. The van der Waals surface area contributed by atoms with E-state index in [1.807, 2.05) is 19.1 Å². The molecule has 0 aliphatic heterocycles. The Hall–Kier alpha value is -4.06. The molecule has 17 heteroatoms. The molecule has 0 unspecified atom stereocenters. The molecule has 1 atom stereocenters. The number of carbonyl (C=O) groups excluding carboxylic acids is 2. The van der Waals surface area contributed by atoms with Crippen molar-refractivity contribution in [3.63, 3.8) is 0 Å². The minimum Gasteiger partial charge on any atom is -0.356 e. The summed E-state index contributed by atoms with van der Waals surface area (Å²) < 4.78 is 94.1. The largest absolute Gasteiger partial charge is 0.417 e. The van der Waals surface area contributed by atoms with Crippen molar-refractivity contribution in [2.75, 3.05) is 25.4 Å². The van der Waals surface area contributed by atoms with Gasteiger partial charge in [0.2, 0.25) is 20.0 Å². The van der Waals surface area contributed by atoms with Crippen LogP contribution in [0.25, 0.3) is 11.1 Å². The van der Waals surface area contributed by atoms with Crippen LogP contribution >= 0.6 is 0 Å². The molecule has 256 valence electrons. The first-order valence-corrected chi connectivity index (χ1v) is 17.5. The zero-order valence-electron chi connectivity index (χ0n) is 25.9. The van der Waals surface area contributed by atoms with Gasteiger partial charge in [0, 0.05) is 45.0 Å². The van der Waals surface area contributed by atoms with Crippen molar-refractivity contribution >= 4 is 32.0 Å². The topological polar surface area (TPSA) is 164 Å². The van der Waals surface area contributed by atoms with E-state index in [0.29, 0.717) is 5.56 Å². The fraction of sp³-hybridized carbons (Fsp3) is 0.367. The van der Waals surface area contributed by atoms with Crippen LogP contribution in [-0.4, -0.2) is 63.5 Å². The minimum atomic E-state index is -4.91. The second-order valence-corrected chi connectivity index (χ2v) is 14.2. The van der Waals surface area contributed by atoms with Crippen LogP contribution in [0.1, 0.15) is 49.4 Å². The van der Waals surface area contributed by atoms with E-state index in [1.54, 1.807) is 42.4 Å². The molecular weight excluding hydrogens is 663 g/mol. The predicted octanol–water partition coefficient (Wildman–Crippen LogP) is 4.30. The van der Waals surface area contributed by atoms with Gasteiger partial charge in [-0.15, -0.1) is 0 Å². The molecular formula is C30H36F3N5O7S2. The van der Waals surface area contributed by atoms with Gasteiger partial charge in [-0.3, -0.25) is 9.78 Å². The highest BCUT2D eigenvalue weighted by Gasteiger charge is 2.40. The summed E-state index contributed by atoms with van der Waals surface area (Å²) in [5, 5.41) is 4.84. The second-order valence-electron chi connectivity index (χ2n) is 10.5. The van der Waals surface area contributed by atoms with Gasteiger partial charge >= 0.3 is 18.2 Å². The second kappa shape index (κ2) is 16.2. The number of alkyl halides is 3. The van der Waals surface area contributed by atoms with E-state index < -0.39 is 60.5 Å². The van der Waals surface area contributed by atoms with E-state index >= 15 is 0 Å². The predicted molar refractivity (Wildman–Crippen MR) is 167 cm³/mol. The zero-order chi connectivity index (χ0) is 34.8. The Balaban J connectivity index is 1.75. The number of hydrogen-bond acceptors (Lipinski definition) is 8. The van der Waals surface area contributed by atoms with Gasteiger partial charge in [0.05, 0.1) is 16.2 Å². The number of rotatable bonds is 15. The van der Waals surface area contributed by atoms with Crippen molar-refractivity contribution in [2.45, 2.75) is 50.7 Å². The Kier molecular flexibility index (Phi) is 12.9. The fourth-order valence-electron chi connectivity index (χ4n) is 4.62. The lowest BCUT2D eigenvalue weighted by Gasteiger charge is -2.30. The molecule has 0 saturated carbocycles. The molecule has 0 bridgehead atoms. The molecule has 0 radical (unpaired) electrons.